The molecule has 0 spiro atoms. The first kappa shape index (κ1) is 14.4. The van der Waals surface area contributed by atoms with E-state index < -0.39 is 0 Å². The van der Waals surface area contributed by atoms with Gasteiger partial charge in [0.05, 0.1) is 6.10 Å². The number of hydrogen-bond donors (Lipinski definition) is 0. The summed E-state index contributed by atoms with van der Waals surface area (Å²) in [6.45, 7) is 0.947. The van der Waals surface area contributed by atoms with Crippen molar-refractivity contribution in [2.24, 2.45) is 0 Å². The average molecular weight is 332 g/mol. The number of hydrogen-bond acceptors (Lipinski definition) is 1. The molecule has 0 radical (unpaired) electrons. The Morgan fingerprint density at radius 1 is 1.33 bits per heavy atom. The second-order valence-electron chi connectivity index (χ2n) is 4.96. The van der Waals surface area contributed by atoms with Gasteiger partial charge >= 0.3 is 0 Å². The molecule has 0 saturated carbocycles. The maximum atomic E-state index is 6.17. The van der Waals surface area contributed by atoms with E-state index in [1.807, 2.05) is 18.2 Å². The minimum absolute atomic E-state index is 0.477. The quantitative estimate of drug-likeness (QED) is 0.690. The fourth-order valence-corrected chi connectivity index (χ4v) is 3.23. The lowest BCUT2D eigenvalue weighted by molar-refractivity contribution is 0.0102. The maximum Gasteiger partial charge on any atom is 0.0575 e. The predicted molar refractivity (Wildman–Crippen MR) is 80.7 cm³/mol. The summed E-state index contributed by atoms with van der Waals surface area (Å²) in [6.07, 6.45) is 7.55. The van der Waals surface area contributed by atoms with Gasteiger partial charge in [-0.1, -0.05) is 45.7 Å². The summed E-state index contributed by atoms with van der Waals surface area (Å²) in [5.41, 5.74) is 1.23. The zero-order chi connectivity index (χ0) is 12.8. The van der Waals surface area contributed by atoms with Crippen LogP contribution in [0.15, 0.2) is 24.3 Å². The summed E-state index contributed by atoms with van der Waals surface area (Å²) >= 11 is 9.93. The Bertz CT molecular complexity index is 363. The van der Waals surface area contributed by atoms with Crippen LogP contribution in [0.25, 0.3) is 0 Å². The molecule has 2 atom stereocenters. The first-order valence-electron chi connectivity index (χ1n) is 6.75. The average Bonchev–Trinajstić information content (AvgIpc) is 2.40. The highest BCUT2D eigenvalue weighted by molar-refractivity contribution is 9.09. The molecule has 3 heteroatoms. The fraction of sp³-hybridized carbons (Fsp3) is 0.600. The van der Waals surface area contributed by atoms with Gasteiger partial charge in [0.25, 0.3) is 0 Å². The summed E-state index contributed by atoms with van der Waals surface area (Å²) < 4.78 is 5.76. The van der Waals surface area contributed by atoms with E-state index in [2.05, 4.69) is 22.0 Å². The van der Waals surface area contributed by atoms with E-state index in [-0.39, 0.29) is 0 Å². The minimum Gasteiger partial charge on any atom is -0.378 e. The van der Waals surface area contributed by atoms with Gasteiger partial charge in [-0.25, -0.2) is 0 Å². The molecule has 0 amide bonds. The van der Waals surface area contributed by atoms with Crippen molar-refractivity contribution in [2.45, 2.75) is 49.5 Å². The highest BCUT2D eigenvalue weighted by atomic mass is 79.9. The monoisotopic (exact) mass is 330 g/mol. The van der Waals surface area contributed by atoms with Crippen LogP contribution in [0.3, 0.4) is 0 Å². The van der Waals surface area contributed by atoms with Crippen molar-refractivity contribution >= 4 is 27.5 Å². The molecule has 0 bridgehead atoms. The second kappa shape index (κ2) is 7.52. The Morgan fingerprint density at radius 2 is 2.17 bits per heavy atom. The zero-order valence-corrected chi connectivity index (χ0v) is 12.9. The van der Waals surface area contributed by atoms with Crippen molar-refractivity contribution in [3.8, 4) is 0 Å². The smallest absolute Gasteiger partial charge is 0.0575 e. The van der Waals surface area contributed by atoms with Gasteiger partial charge in [-0.3, -0.25) is 0 Å². The van der Waals surface area contributed by atoms with Crippen LogP contribution in [0.2, 0.25) is 5.02 Å². The Morgan fingerprint density at radius 3 is 2.89 bits per heavy atom. The van der Waals surface area contributed by atoms with Crippen LogP contribution in [-0.2, 0) is 11.2 Å². The van der Waals surface area contributed by atoms with Crippen LogP contribution in [0.4, 0.5) is 0 Å². The molecule has 1 aromatic rings. The lowest BCUT2D eigenvalue weighted by Gasteiger charge is -2.23. The number of benzene rings is 1. The van der Waals surface area contributed by atoms with E-state index in [1.54, 1.807) is 0 Å². The SMILES string of the molecule is Clc1ccccc1CC(Br)CCC1CCCCO1. The normalized spacial score (nSPS) is 21.8. The van der Waals surface area contributed by atoms with Gasteiger partial charge in [0.15, 0.2) is 0 Å². The van der Waals surface area contributed by atoms with Gasteiger partial charge in [-0.2, -0.15) is 0 Å². The van der Waals surface area contributed by atoms with Crippen LogP contribution < -0.4 is 0 Å². The second-order valence-corrected chi connectivity index (χ2v) is 6.66. The number of rotatable bonds is 5. The molecule has 2 rings (SSSR count). The molecule has 2 unspecified atom stereocenters. The molecule has 1 aromatic carbocycles. The molecule has 100 valence electrons. The van der Waals surface area contributed by atoms with Crippen molar-refractivity contribution < 1.29 is 4.74 Å². The van der Waals surface area contributed by atoms with Crippen LogP contribution >= 0.6 is 27.5 Å². The van der Waals surface area contributed by atoms with Crippen LogP contribution in [0, 0.1) is 0 Å². The van der Waals surface area contributed by atoms with Gasteiger partial charge in [0.2, 0.25) is 0 Å². The molecule has 1 heterocycles. The molecule has 0 N–H and O–H groups in total. The predicted octanol–water partition coefficient (Wildman–Crippen LogP) is 5.00. The molecular weight excluding hydrogens is 312 g/mol. The third-order valence-corrected chi connectivity index (χ3v) is 4.63. The molecular formula is C15H20BrClO. The van der Waals surface area contributed by atoms with Gasteiger partial charge in [-0.15, -0.1) is 0 Å². The van der Waals surface area contributed by atoms with Crippen molar-refractivity contribution in [1.82, 2.24) is 0 Å². The highest BCUT2D eigenvalue weighted by Gasteiger charge is 2.16. The van der Waals surface area contributed by atoms with E-state index in [4.69, 9.17) is 16.3 Å². The molecule has 1 saturated heterocycles. The Hall–Kier alpha value is -0.0500. The minimum atomic E-state index is 0.477. The first-order chi connectivity index (χ1) is 8.75. The molecule has 1 fully saturated rings. The van der Waals surface area contributed by atoms with Crippen molar-refractivity contribution in [3.05, 3.63) is 34.9 Å². The van der Waals surface area contributed by atoms with Crippen LogP contribution in [-0.4, -0.2) is 17.5 Å². The number of ether oxygens (including phenoxy) is 1. The highest BCUT2D eigenvalue weighted by Crippen LogP contribution is 2.24. The molecule has 1 aliphatic heterocycles. The van der Waals surface area contributed by atoms with E-state index in [0.29, 0.717) is 10.9 Å². The van der Waals surface area contributed by atoms with Gasteiger partial charge in [0.1, 0.15) is 0 Å². The molecule has 18 heavy (non-hydrogen) atoms. The zero-order valence-electron chi connectivity index (χ0n) is 10.6. The van der Waals surface area contributed by atoms with Crippen LogP contribution in [0.1, 0.15) is 37.7 Å². The topological polar surface area (TPSA) is 9.23 Å². The van der Waals surface area contributed by atoms with Crippen LogP contribution in [0.5, 0.6) is 0 Å². The summed E-state index contributed by atoms with van der Waals surface area (Å²) in [5.74, 6) is 0. The molecule has 0 aromatic heterocycles. The Labute approximate surface area is 123 Å². The summed E-state index contributed by atoms with van der Waals surface area (Å²) in [4.78, 5) is 0.489. The third-order valence-electron chi connectivity index (χ3n) is 3.48. The molecule has 0 aliphatic carbocycles. The summed E-state index contributed by atoms with van der Waals surface area (Å²) in [6, 6.07) is 8.09. The lowest BCUT2D eigenvalue weighted by atomic mass is 10.0. The van der Waals surface area contributed by atoms with E-state index in [9.17, 15) is 0 Å². The van der Waals surface area contributed by atoms with Gasteiger partial charge in [0, 0.05) is 16.5 Å². The fourth-order valence-electron chi connectivity index (χ4n) is 2.41. The largest absolute Gasteiger partial charge is 0.378 e. The first-order valence-corrected chi connectivity index (χ1v) is 8.04. The third kappa shape index (κ3) is 4.56. The van der Waals surface area contributed by atoms with Crippen molar-refractivity contribution in [1.29, 1.82) is 0 Å². The summed E-state index contributed by atoms with van der Waals surface area (Å²) in [5, 5.41) is 0.871. The van der Waals surface area contributed by atoms with Crippen molar-refractivity contribution in [2.75, 3.05) is 6.61 Å². The van der Waals surface area contributed by atoms with E-state index in [0.717, 1.165) is 30.9 Å². The number of halogens is 2. The molecule has 1 aliphatic rings. The van der Waals surface area contributed by atoms with Crippen molar-refractivity contribution in [3.63, 3.8) is 0 Å². The lowest BCUT2D eigenvalue weighted by Crippen LogP contribution is -2.20. The Kier molecular flexibility index (Phi) is 6.00. The van der Waals surface area contributed by atoms with E-state index in [1.165, 1.54) is 24.8 Å². The van der Waals surface area contributed by atoms with Gasteiger partial charge < -0.3 is 4.74 Å². The standard InChI is InChI=1S/C15H20BrClO/c16-13(8-9-14-6-3-4-10-18-14)11-12-5-1-2-7-15(12)17/h1-2,5,7,13-14H,3-4,6,8-11H2. The van der Waals surface area contributed by atoms with Gasteiger partial charge in [-0.05, 0) is 50.2 Å². The number of alkyl halides is 1. The summed E-state index contributed by atoms with van der Waals surface area (Å²) in [7, 11) is 0. The molecule has 1 nitrogen and oxygen atoms in total. The maximum absolute atomic E-state index is 6.17. The van der Waals surface area contributed by atoms with E-state index >= 15 is 0 Å². The Balaban J connectivity index is 1.74.